The molecule has 0 bridgehead atoms. The second-order valence-corrected chi connectivity index (χ2v) is 6.88. The number of nitrogens with zero attached hydrogens (tertiary/aromatic N) is 1. The van der Waals surface area contributed by atoms with Gasteiger partial charge in [-0.15, -0.1) is 0 Å². The summed E-state index contributed by atoms with van der Waals surface area (Å²) in [7, 11) is 1.33. The van der Waals surface area contributed by atoms with Gasteiger partial charge in [0.1, 0.15) is 0 Å². The van der Waals surface area contributed by atoms with E-state index < -0.39 is 0 Å². The van der Waals surface area contributed by atoms with Crippen molar-refractivity contribution in [1.29, 1.82) is 0 Å². The molecule has 3 rings (SSSR count). The fraction of sp³-hybridized carbons (Fsp3) is 0.318. The summed E-state index contributed by atoms with van der Waals surface area (Å²) in [5, 5.41) is 2.86. The van der Waals surface area contributed by atoms with Crippen molar-refractivity contribution >= 4 is 23.5 Å². The van der Waals surface area contributed by atoms with Crippen molar-refractivity contribution in [3.63, 3.8) is 0 Å². The van der Waals surface area contributed by atoms with Gasteiger partial charge >= 0.3 is 5.97 Å². The number of methoxy groups -OCH3 is 1. The van der Waals surface area contributed by atoms with E-state index >= 15 is 0 Å². The van der Waals surface area contributed by atoms with Crippen LogP contribution in [0.15, 0.2) is 54.6 Å². The Kier molecular flexibility index (Phi) is 6.42. The van der Waals surface area contributed by atoms with Gasteiger partial charge in [-0.2, -0.15) is 0 Å². The van der Waals surface area contributed by atoms with Gasteiger partial charge in [0, 0.05) is 30.3 Å². The number of nitrogens with one attached hydrogen (secondary N) is 1. The second kappa shape index (κ2) is 9.17. The average molecular weight is 380 g/mol. The second-order valence-electron chi connectivity index (χ2n) is 6.88. The molecule has 0 aromatic heterocycles. The Hall–Kier alpha value is -3.15. The third-order valence-electron chi connectivity index (χ3n) is 4.64. The summed E-state index contributed by atoms with van der Waals surface area (Å²) in [5.41, 5.74) is 2.05. The molecule has 1 fully saturated rings. The van der Waals surface area contributed by atoms with Crippen molar-refractivity contribution in [3.8, 4) is 0 Å². The van der Waals surface area contributed by atoms with Crippen LogP contribution in [0.2, 0.25) is 0 Å². The lowest BCUT2D eigenvalue weighted by Crippen LogP contribution is -2.32. The third kappa shape index (κ3) is 5.42. The molecule has 0 saturated heterocycles. The van der Waals surface area contributed by atoms with Gasteiger partial charge in [0.25, 0.3) is 5.91 Å². The first-order valence-electron chi connectivity index (χ1n) is 9.38. The summed E-state index contributed by atoms with van der Waals surface area (Å²) in [4.78, 5) is 38.3. The van der Waals surface area contributed by atoms with Crippen LogP contribution in [-0.4, -0.2) is 36.3 Å². The van der Waals surface area contributed by atoms with Crippen molar-refractivity contribution < 1.29 is 19.1 Å². The number of anilines is 1. The lowest BCUT2D eigenvalue weighted by molar-refractivity contribution is -0.140. The summed E-state index contributed by atoms with van der Waals surface area (Å²) in [6.07, 6.45) is 1.96. The van der Waals surface area contributed by atoms with Gasteiger partial charge in [-0.25, -0.2) is 0 Å². The van der Waals surface area contributed by atoms with E-state index in [4.69, 9.17) is 4.74 Å². The predicted octanol–water partition coefficient (Wildman–Crippen LogP) is 3.24. The fourth-order valence-electron chi connectivity index (χ4n) is 2.89. The number of amides is 2. The predicted molar refractivity (Wildman–Crippen MR) is 106 cm³/mol. The normalized spacial score (nSPS) is 12.9. The number of hydrogen-bond donors (Lipinski definition) is 1. The largest absolute Gasteiger partial charge is 0.469 e. The Balaban J connectivity index is 1.75. The number of esters is 1. The van der Waals surface area contributed by atoms with E-state index in [1.165, 1.54) is 7.11 Å². The van der Waals surface area contributed by atoms with Crippen LogP contribution in [0.4, 0.5) is 5.69 Å². The fourth-order valence-corrected chi connectivity index (χ4v) is 2.89. The van der Waals surface area contributed by atoms with E-state index in [2.05, 4.69) is 5.32 Å². The molecule has 0 atom stereocenters. The molecule has 0 spiro atoms. The first-order valence-corrected chi connectivity index (χ1v) is 9.38. The van der Waals surface area contributed by atoms with Crippen molar-refractivity contribution in [3.05, 3.63) is 65.7 Å². The minimum atomic E-state index is -0.365. The Morgan fingerprint density at radius 3 is 2.50 bits per heavy atom. The molecule has 2 amide bonds. The van der Waals surface area contributed by atoms with Gasteiger partial charge in [-0.1, -0.05) is 36.4 Å². The average Bonchev–Trinajstić information content (AvgIpc) is 3.56. The molecule has 0 aliphatic heterocycles. The van der Waals surface area contributed by atoms with Crippen LogP contribution in [0.1, 0.15) is 35.2 Å². The molecular weight excluding hydrogens is 356 g/mol. The molecule has 1 aliphatic carbocycles. The zero-order valence-corrected chi connectivity index (χ0v) is 15.9. The van der Waals surface area contributed by atoms with Crippen LogP contribution < -0.4 is 5.32 Å². The Morgan fingerprint density at radius 1 is 1.07 bits per heavy atom. The van der Waals surface area contributed by atoms with E-state index in [0.29, 0.717) is 17.8 Å². The molecule has 1 aliphatic rings. The molecule has 146 valence electrons. The van der Waals surface area contributed by atoms with Crippen molar-refractivity contribution in [2.75, 3.05) is 19.0 Å². The molecule has 28 heavy (non-hydrogen) atoms. The highest BCUT2D eigenvalue weighted by atomic mass is 16.5. The smallest absolute Gasteiger partial charge is 0.307 e. The minimum Gasteiger partial charge on any atom is -0.469 e. The van der Waals surface area contributed by atoms with Gasteiger partial charge in [0.2, 0.25) is 5.91 Å². The molecule has 1 saturated carbocycles. The SMILES string of the molecule is COC(=O)CCN(Cc1ccccc1)C(=O)c1cccc(NC(=O)C2CC2)c1. The zero-order chi connectivity index (χ0) is 19.9. The number of carbonyl (C=O) groups excluding carboxylic acids is 3. The highest BCUT2D eigenvalue weighted by Crippen LogP contribution is 2.30. The van der Waals surface area contributed by atoms with Crippen LogP contribution >= 0.6 is 0 Å². The van der Waals surface area contributed by atoms with Gasteiger partial charge in [0.15, 0.2) is 0 Å². The van der Waals surface area contributed by atoms with E-state index in [1.54, 1.807) is 29.2 Å². The number of carbonyl (C=O) groups is 3. The monoisotopic (exact) mass is 380 g/mol. The van der Waals surface area contributed by atoms with Crippen molar-refractivity contribution in [2.24, 2.45) is 5.92 Å². The summed E-state index contributed by atoms with van der Waals surface area (Å²) < 4.78 is 4.70. The van der Waals surface area contributed by atoms with Crippen molar-refractivity contribution in [2.45, 2.75) is 25.8 Å². The molecule has 0 unspecified atom stereocenters. The number of benzene rings is 2. The summed E-state index contributed by atoms with van der Waals surface area (Å²) in [6, 6.07) is 16.5. The Morgan fingerprint density at radius 2 is 1.82 bits per heavy atom. The van der Waals surface area contributed by atoms with Gasteiger partial charge < -0.3 is 15.0 Å². The molecule has 2 aromatic carbocycles. The maximum atomic E-state index is 13.1. The highest BCUT2D eigenvalue weighted by Gasteiger charge is 2.29. The lowest BCUT2D eigenvalue weighted by atomic mass is 10.1. The first-order chi connectivity index (χ1) is 13.6. The van der Waals surface area contributed by atoms with Crippen LogP contribution in [0.5, 0.6) is 0 Å². The molecular formula is C22H24N2O4. The lowest BCUT2D eigenvalue weighted by Gasteiger charge is -2.23. The van der Waals surface area contributed by atoms with Crippen molar-refractivity contribution in [1.82, 2.24) is 4.90 Å². The molecule has 2 aromatic rings. The zero-order valence-electron chi connectivity index (χ0n) is 15.9. The summed E-state index contributed by atoms with van der Waals surface area (Å²) >= 11 is 0. The van der Waals surface area contributed by atoms with Crippen LogP contribution in [0.3, 0.4) is 0 Å². The number of ether oxygens (including phenoxy) is 1. The van der Waals surface area contributed by atoms with Gasteiger partial charge in [-0.3, -0.25) is 14.4 Å². The van der Waals surface area contributed by atoms with Gasteiger partial charge in [0.05, 0.1) is 13.5 Å². The van der Waals surface area contributed by atoms with Crippen LogP contribution in [0, 0.1) is 5.92 Å². The molecule has 0 radical (unpaired) electrons. The highest BCUT2D eigenvalue weighted by molar-refractivity contribution is 5.98. The quantitative estimate of drug-likeness (QED) is 0.714. The standard InChI is InChI=1S/C22H24N2O4/c1-28-20(25)12-13-24(15-16-6-3-2-4-7-16)22(27)18-8-5-9-19(14-18)23-21(26)17-10-11-17/h2-9,14,17H,10-13,15H2,1H3,(H,23,26). The third-order valence-corrected chi connectivity index (χ3v) is 4.64. The van der Waals surface area contributed by atoms with E-state index in [1.807, 2.05) is 30.3 Å². The first kappa shape index (κ1) is 19.6. The van der Waals surface area contributed by atoms with E-state index in [-0.39, 0.29) is 36.7 Å². The minimum absolute atomic E-state index is 0.00330. The molecule has 0 heterocycles. The summed E-state index contributed by atoms with van der Waals surface area (Å²) in [5.74, 6) is -0.475. The van der Waals surface area contributed by atoms with E-state index in [9.17, 15) is 14.4 Å². The number of rotatable bonds is 8. The maximum Gasteiger partial charge on any atom is 0.307 e. The van der Waals surface area contributed by atoms with Crippen LogP contribution in [0.25, 0.3) is 0 Å². The summed E-state index contributed by atoms with van der Waals surface area (Å²) in [6.45, 7) is 0.633. The number of hydrogen-bond acceptors (Lipinski definition) is 4. The van der Waals surface area contributed by atoms with Crippen LogP contribution in [-0.2, 0) is 20.9 Å². The van der Waals surface area contributed by atoms with Gasteiger partial charge in [-0.05, 0) is 36.6 Å². The Labute approximate surface area is 164 Å². The Bertz CT molecular complexity index is 847. The molecule has 1 N–H and O–H groups in total. The van der Waals surface area contributed by atoms with E-state index in [0.717, 1.165) is 18.4 Å². The topological polar surface area (TPSA) is 75.7 Å². The maximum absolute atomic E-state index is 13.1. The molecule has 6 heteroatoms. The molecule has 6 nitrogen and oxygen atoms in total.